The van der Waals surface area contributed by atoms with Gasteiger partial charge in [-0.25, -0.2) is 0 Å². The summed E-state index contributed by atoms with van der Waals surface area (Å²) >= 11 is 0. The van der Waals surface area contributed by atoms with E-state index in [1.807, 2.05) is 0 Å². The molecule has 0 aromatic rings. The van der Waals surface area contributed by atoms with Crippen LogP contribution in [-0.4, -0.2) is 0 Å². The molecule has 1 atom stereocenters. The lowest BCUT2D eigenvalue weighted by Crippen LogP contribution is -1.91. The first-order valence-electron chi connectivity index (χ1n) is 4.03. The number of hydrogen-bond acceptors (Lipinski definition) is 0. The van der Waals surface area contributed by atoms with E-state index < -0.39 is 0 Å². The highest BCUT2D eigenvalue weighted by molar-refractivity contribution is 5.10. The van der Waals surface area contributed by atoms with Crippen LogP contribution in [0.3, 0.4) is 0 Å². The average molecular weight is 124 g/mol. The van der Waals surface area contributed by atoms with Gasteiger partial charge in [0.05, 0.1) is 0 Å². The maximum atomic E-state index is 2.42. The molecule has 0 N–H and O–H groups in total. The molecule has 9 heavy (non-hydrogen) atoms. The summed E-state index contributed by atoms with van der Waals surface area (Å²) in [7, 11) is 0. The average Bonchev–Trinajstić information content (AvgIpc) is 2.18. The lowest BCUT2D eigenvalue weighted by atomic mass is 10.0. The fraction of sp³-hybridized carbons (Fsp3) is 0.778. The van der Waals surface area contributed by atoms with Crippen molar-refractivity contribution in [3.8, 4) is 0 Å². The number of rotatable bonds is 2. The zero-order valence-electron chi connectivity index (χ0n) is 6.48. The summed E-state index contributed by atoms with van der Waals surface area (Å²) in [5.74, 6) is 0.893. The molecule has 0 spiro atoms. The normalized spacial score (nSPS) is 26.4. The standard InChI is InChI=1S/C9H16/c1-3-5-9-7-4-6-8(9)2/h7-8H,3-6H2,1-2H3. The van der Waals surface area contributed by atoms with Crippen LogP contribution in [-0.2, 0) is 0 Å². The Morgan fingerprint density at radius 2 is 2.44 bits per heavy atom. The highest BCUT2D eigenvalue weighted by Gasteiger charge is 2.11. The SMILES string of the molecule is CCCC1=CCCC1C. The Morgan fingerprint density at radius 3 is 2.89 bits per heavy atom. The van der Waals surface area contributed by atoms with E-state index in [9.17, 15) is 0 Å². The summed E-state index contributed by atoms with van der Waals surface area (Å²) in [6.07, 6.45) is 7.80. The number of hydrogen-bond donors (Lipinski definition) is 0. The monoisotopic (exact) mass is 124 g/mol. The van der Waals surface area contributed by atoms with Crippen LogP contribution in [0.1, 0.15) is 39.5 Å². The van der Waals surface area contributed by atoms with Gasteiger partial charge in [0.1, 0.15) is 0 Å². The Morgan fingerprint density at radius 1 is 1.67 bits per heavy atom. The molecule has 0 amide bonds. The van der Waals surface area contributed by atoms with Crippen molar-refractivity contribution in [1.29, 1.82) is 0 Å². The molecule has 0 saturated heterocycles. The summed E-state index contributed by atoms with van der Waals surface area (Å²) < 4.78 is 0. The van der Waals surface area contributed by atoms with Crippen LogP contribution in [0.15, 0.2) is 11.6 Å². The molecule has 0 aromatic carbocycles. The van der Waals surface area contributed by atoms with Gasteiger partial charge >= 0.3 is 0 Å². The van der Waals surface area contributed by atoms with Crippen molar-refractivity contribution in [2.75, 3.05) is 0 Å². The first-order valence-corrected chi connectivity index (χ1v) is 4.03. The lowest BCUT2D eigenvalue weighted by molar-refractivity contribution is 0.639. The van der Waals surface area contributed by atoms with Crippen molar-refractivity contribution in [2.24, 2.45) is 5.92 Å². The maximum absolute atomic E-state index is 2.42. The molecule has 0 radical (unpaired) electrons. The van der Waals surface area contributed by atoms with Gasteiger partial charge in [-0.1, -0.05) is 31.9 Å². The van der Waals surface area contributed by atoms with Crippen molar-refractivity contribution in [2.45, 2.75) is 39.5 Å². The molecule has 0 bridgehead atoms. The van der Waals surface area contributed by atoms with Crippen LogP contribution in [0, 0.1) is 5.92 Å². The predicted molar refractivity (Wildman–Crippen MR) is 41.4 cm³/mol. The van der Waals surface area contributed by atoms with Crippen molar-refractivity contribution >= 4 is 0 Å². The Hall–Kier alpha value is -0.260. The first kappa shape index (κ1) is 6.85. The molecule has 0 aromatic heterocycles. The third kappa shape index (κ3) is 1.57. The minimum atomic E-state index is 0.893. The van der Waals surface area contributed by atoms with Crippen LogP contribution < -0.4 is 0 Å². The minimum absolute atomic E-state index is 0.893. The van der Waals surface area contributed by atoms with Crippen LogP contribution in [0.2, 0.25) is 0 Å². The van der Waals surface area contributed by atoms with Gasteiger partial charge in [-0.3, -0.25) is 0 Å². The third-order valence-corrected chi connectivity index (χ3v) is 2.18. The van der Waals surface area contributed by atoms with E-state index in [2.05, 4.69) is 19.9 Å². The van der Waals surface area contributed by atoms with E-state index in [0.717, 1.165) is 5.92 Å². The molecule has 0 heteroatoms. The molecule has 52 valence electrons. The van der Waals surface area contributed by atoms with E-state index in [4.69, 9.17) is 0 Å². The van der Waals surface area contributed by atoms with Gasteiger partial charge < -0.3 is 0 Å². The predicted octanol–water partition coefficient (Wildman–Crippen LogP) is 3.14. The maximum Gasteiger partial charge on any atom is -0.0229 e. The molecule has 0 saturated carbocycles. The number of allylic oxidation sites excluding steroid dienone is 2. The topological polar surface area (TPSA) is 0 Å². The fourth-order valence-corrected chi connectivity index (χ4v) is 1.54. The summed E-state index contributed by atoms with van der Waals surface area (Å²) in [5.41, 5.74) is 1.71. The van der Waals surface area contributed by atoms with Crippen molar-refractivity contribution in [1.82, 2.24) is 0 Å². The van der Waals surface area contributed by atoms with Crippen LogP contribution in [0.5, 0.6) is 0 Å². The Labute approximate surface area is 58.0 Å². The van der Waals surface area contributed by atoms with Gasteiger partial charge in [0.2, 0.25) is 0 Å². The summed E-state index contributed by atoms with van der Waals surface area (Å²) in [4.78, 5) is 0. The molecule has 0 heterocycles. The van der Waals surface area contributed by atoms with Gasteiger partial charge in [0, 0.05) is 0 Å². The molecule has 0 nitrogen and oxygen atoms in total. The summed E-state index contributed by atoms with van der Waals surface area (Å²) in [6.45, 7) is 4.60. The molecule has 1 rings (SSSR count). The quantitative estimate of drug-likeness (QED) is 0.496. The third-order valence-electron chi connectivity index (χ3n) is 2.18. The zero-order chi connectivity index (χ0) is 6.69. The van der Waals surface area contributed by atoms with Crippen LogP contribution in [0.25, 0.3) is 0 Å². The molecule has 1 unspecified atom stereocenters. The second kappa shape index (κ2) is 3.05. The molecular formula is C9H16. The van der Waals surface area contributed by atoms with E-state index >= 15 is 0 Å². The minimum Gasteiger partial charge on any atom is -0.0850 e. The van der Waals surface area contributed by atoms with Crippen LogP contribution in [0.4, 0.5) is 0 Å². The molecule has 1 aliphatic rings. The van der Waals surface area contributed by atoms with Crippen LogP contribution >= 0.6 is 0 Å². The highest BCUT2D eigenvalue weighted by Crippen LogP contribution is 2.27. The molecule has 0 aliphatic heterocycles. The van der Waals surface area contributed by atoms with E-state index in [-0.39, 0.29) is 0 Å². The zero-order valence-corrected chi connectivity index (χ0v) is 6.48. The smallest absolute Gasteiger partial charge is 0.0229 e. The van der Waals surface area contributed by atoms with Gasteiger partial charge in [-0.05, 0) is 25.2 Å². The molecular weight excluding hydrogens is 108 g/mol. The fourth-order valence-electron chi connectivity index (χ4n) is 1.54. The summed E-state index contributed by atoms with van der Waals surface area (Å²) in [6, 6.07) is 0. The molecule has 0 fully saturated rings. The van der Waals surface area contributed by atoms with Gasteiger partial charge in [-0.2, -0.15) is 0 Å². The van der Waals surface area contributed by atoms with Crippen molar-refractivity contribution in [3.05, 3.63) is 11.6 Å². The highest BCUT2D eigenvalue weighted by atomic mass is 14.2. The van der Waals surface area contributed by atoms with Gasteiger partial charge in [0.25, 0.3) is 0 Å². The second-order valence-corrected chi connectivity index (χ2v) is 3.01. The summed E-state index contributed by atoms with van der Waals surface area (Å²) in [5, 5.41) is 0. The largest absolute Gasteiger partial charge is 0.0850 e. The van der Waals surface area contributed by atoms with Gasteiger partial charge in [0.15, 0.2) is 0 Å². The van der Waals surface area contributed by atoms with Crippen molar-refractivity contribution < 1.29 is 0 Å². The lowest BCUT2D eigenvalue weighted by Gasteiger charge is -2.05. The first-order chi connectivity index (χ1) is 4.34. The Bertz CT molecular complexity index is 111. The van der Waals surface area contributed by atoms with Gasteiger partial charge in [-0.15, -0.1) is 0 Å². The van der Waals surface area contributed by atoms with Crippen molar-refractivity contribution in [3.63, 3.8) is 0 Å². The van der Waals surface area contributed by atoms with E-state index in [1.165, 1.54) is 25.7 Å². The molecule has 1 aliphatic carbocycles. The second-order valence-electron chi connectivity index (χ2n) is 3.01. The van der Waals surface area contributed by atoms with E-state index in [0.29, 0.717) is 0 Å². The van der Waals surface area contributed by atoms with E-state index in [1.54, 1.807) is 5.57 Å². The Kier molecular flexibility index (Phi) is 2.32. The Balaban J connectivity index is 2.38.